The molecule has 0 unspecified atom stereocenters. The lowest BCUT2D eigenvalue weighted by atomic mass is 10.2. The van der Waals surface area contributed by atoms with Crippen molar-refractivity contribution in [2.45, 2.75) is 13.3 Å². The van der Waals surface area contributed by atoms with Gasteiger partial charge in [0.25, 0.3) is 0 Å². The van der Waals surface area contributed by atoms with Gasteiger partial charge in [-0.2, -0.15) is 4.99 Å². The molecule has 1 N–H and O–H groups in total. The first-order chi connectivity index (χ1) is 20.6. The Kier molecular flexibility index (Phi) is 8.48. The minimum absolute atomic E-state index is 0.153. The van der Waals surface area contributed by atoms with E-state index in [2.05, 4.69) is 25.1 Å². The Hall–Kier alpha value is -5.11. The summed E-state index contributed by atoms with van der Waals surface area (Å²) in [5, 5.41) is 7.26. The highest BCUT2D eigenvalue weighted by Crippen LogP contribution is 2.35. The quantitative estimate of drug-likeness (QED) is 0.261. The lowest BCUT2D eigenvalue weighted by Gasteiger charge is -2.19. The van der Waals surface area contributed by atoms with Crippen molar-refractivity contribution in [1.82, 2.24) is 14.8 Å². The minimum atomic E-state index is -4.76. The fourth-order valence-electron chi connectivity index (χ4n) is 4.02. The third-order valence-corrected chi connectivity index (χ3v) is 6.89. The first-order valence-electron chi connectivity index (χ1n) is 12.6. The van der Waals surface area contributed by atoms with E-state index in [9.17, 15) is 22.8 Å². The number of hydrogen-bond acceptors (Lipinski definition) is 7. The SMILES string of the molecule is COc1ccc(C)cc1N1C(=O)CSC1=NC(=O)Nc1ccc(C=Cc2ncn(-c3ccc(OC(F)(F)F)cc3)n2)cc1. The van der Waals surface area contributed by atoms with E-state index in [0.29, 0.717) is 28.6 Å². The molecule has 1 saturated heterocycles. The van der Waals surface area contributed by atoms with Gasteiger partial charge in [-0.3, -0.25) is 9.69 Å². The maximum absolute atomic E-state index is 12.7. The lowest BCUT2D eigenvalue weighted by Crippen LogP contribution is -2.30. The molecule has 14 heteroatoms. The summed E-state index contributed by atoms with van der Waals surface area (Å²) in [5.41, 5.74) is 3.25. The van der Waals surface area contributed by atoms with E-state index in [1.807, 2.05) is 13.0 Å². The van der Waals surface area contributed by atoms with Crippen LogP contribution in [0.1, 0.15) is 17.0 Å². The van der Waals surface area contributed by atoms with Gasteiger partial charge in [-0.1, -0.05) is 36.0 Å². The molecule has 0 atom stereocenters. The Morgan fingerprint density at radius 3 is 2.51 bits per heavy atom. The van der Waals surface area contributed by atoms with Crippen molar-refractivity contribution >= 4 is 52.4 Å². The van der Waals surface area contributed by atoms with Gasteiger partial charge in [-0.25, -0.2) is 14.5 Å². The number of benzene rings is 3. The number of hydrogen-bond donors (Lipinski definition) is 1. The number of aryl methyl sites for hydroxylation is 1. The molecule has 1 aromatic heterocycles. The zero-order chi connectivity index (χ0) is 30.6. The number of nitrogens with one attached hydrogen (secondary N) is 1. The summed E-state index contributed by atoms with van der Waals surface area (Å²) in [6, 6.07) is 17.0. The number of anilines is 2. The molecule has 3 aromatic carbocycles. The number of aromatic nitrogens is 3. The highest BCUT2D eigenvalue weighted by molar-refractivity contribution is 8.15. The lowest BCUT2D eigenvalue weighted by molar-refractivity contribution is -0.274. The van der Waals surface area contributed by atoms with E-state index in [-0.39, 0.29) is 22.6 Å². The third-order valence-electron chi connectivity index (χ3n) is 5.97. The Morgan fingerprint density at radius 2 is 1.81 bits per heavy atom. The fourth-order valence-corrected chi connectivity index (χ4v) is 4.88. The molecule has 1 fully saturated rings. The number of alkyl halides is 3. The van der Waals surface area contributed by atoms with Crippen LogP contribution in [0.2, 0.25) is 0 Å². The molecule has 0 bridgehead atoms. The number of carbonyl (C=O) groups is 2. The summed E-state index contributed by atoms with van der Waals surface area (Å²) >= 11 is 1.17. The van der Waals surface area contributed by atoms with Crippen molar-refractivity contribution in [1.29, 1.82) is 0 Å². The second-order valence-electron chi connectivity index (χ2n) is 9.06. The number of methoxy groups -OCH3 is 1. The summed E-state index contributed by atoms with van der Waals surface area (Å²) in [7, 11) is 1.51. The van der Waals surface area contributed by atoms with Crippen LogP contribution in [0.3, 0.4) is 0 Å². The van der Waals surface area contributed by atoms with Gasteiger partial charge in [0.2, 0.25) is 5.91 Å². The normalized spacial score (nSPS) is 14.5. The van der Waals surface area contributed by atoms with Crippen LogP contribution < -0.4 is 19.7 Å². The van der Waals surface area contributed by atoms with Crippen molar-refractivity contribution in [3.8, 4) is 17.2 Å². The van der Waals surface area contributed by atoms with E-state index in [1.165, 1.54) is 59.0 Å². The summed E-state index contributed by atoms with van der Waals surface area (Å²) < 4.78 is 47.8. The fraction of sp³-hybridized carbons (Fsp3) is 0.138. The molecule has 10 nitrogen and oxygen atoms in total. The minimum Gasteiger partial charge on any atom is -0.495 e. The number of rotatable bonds is 7. The molecule has 0 aliphatic carbocycles. The molecule has 43 heavy (non-hydrogen) atoms. The largest absolute Gasteiger partial charge is 0.573 e. The number of carbonyl (C=O) groups excluding carboxylic acids is 2. The van der Waals surface area contributed by atoms with Crippen LogP contribution in [0.15, 0.2) is 78.0 Å². The number of ether oxygens (including phenoxy) is 2. The van der Waals surface area contributed by atoms with Crippen molar-refractivity contribution in [3.63, 3.8) is 0 Å². The topological polar surface area (TPSA) is 111 Å². The Morgan fingerprint density at radius 1 is 1.07 bits per heavy atom. The van der Waals surface area contributed by atoms with Crippen molar-refractivity contribution in [2.24, 2.45) is 4.99 Å². The molecule has 220 valence electrons. The average Bonchev–Trinajstić information content (AvgIpc) is 3.58. The number of thioether (sulfide) groups is 1. The monoisotopic (exact) mass is 608 g/mol. The molecule has 1 aliphatic heterocycles. The Bertz CT molecular complexity index is 1700. The van der Waals surface area contributed by atoms with Gasteiger partial charge in [0.1, 0.15) is 17.8 Å². The smallest absolute Gasteiger partial charge is 0.495 e. The number of urea groups is 1. The van der Waals surface area contributed by atoms with E-state index in [0.717, 1.165) is 11.1 Å². The van der Waals surface area contributed by atoms with Crippen LogP contribution in [0.5, 0.6) is 11.5 Å². The molecule has 0 radical (unpaired) electrons. The van der Waals surface area contributed by atoms with E-state index in [1.54, 1.807) is 48.6 Å². The predicted octanol–water partition coefficient (Wildman–Crippen LogP) is 6.32. The summed E-state index contributed by atoms with van der Waals surface area (Å²) in [6.07, 6.45) is 0.102. The number of halogens is 3. The van der Waals surface area contributed by atoms with E-state index >= 15 is 0 Å². The van der Waals surface area contributed by atoms with E-state index in [4.69, 9.17) is 4.74 Å². The molecule has 5 rings (SSSR count). The molecular weight excluding hydrogens is 585 g/mol. The van der Waals surface area contributed by atoms with Crippen LogP contribution in [0.4, 0.5) is 29.3 Å². The number of amides is 3. The molecule has 1 aliphatic rings. The van der Waals surface area contributed by atoms with Crippen LogP contribution in [0, 0.1) is 6.92 Å². The van der Waals surface area contributed by atoms with Gasteiger partial charge in [-0.15, -0.1) is 18.3 Å². The Balaban J connectivity index is 1.21. The van der Waals surface area contributed by atoms with Gasteiger partial charge in [-0.05, 0) is 72.7 Å². The number of amidine groups is 1. The summed E-state index contributed by atoms with van der Waals surface area (Å²) in [5.74, 6) is 0.488. The average molecular weight is 609 g/mol. The van der Waals surface area contributed by atoms with Crippen molar-refractivity contribution in [3.05, 3.63) is 90.0 Å². The van der Waals surface area contributed by atoms with Gasteiger partial charge >= 0.3 is 12.4 Å². The van der Waals surface area contributed by atoms with Crippen LogP contribution >= 0.6 is 11.8 Å². The van der Waals surface area contributed by atoms with Gasteiger partial charge in [0, 0.05) is 5.69 Å². The molecule has 3 amide bonds. The maximum atomic E-state index is 12.7. The van der Waals surface area contributed by atoms with Crippen molar-refractivity contribution in [2.75, 3.05) is 23.1 Å². The summed E-state index contributed by atoms with van der Waals surface area (Å²) in [6.45, 7) is 1.89. The number of aliphatic imine (C=N–C) groups is 1. The second-order valence-corrected chi connectivity index (χ2v) is 10.0. The Labute approximate surface area is 247 Å². The van der Waals surface area contributed by atoms with Crippen LogP contribution in [-0.4, -0.2) is 51.1 Å². The highest BCUT2D eigenvalue weighted by atomic mass is 32.2. The second kappa shape index (κ2) is 12.4. The first-order valence-corrected chi connectivity index (χ1v) is 13.6. The van der Waals surface area contributed by atoms with Gasteiger partial charge < -0.3 is 14.8 Å². The van der Waals surface area contributed by atoms with Crippen LogP contribution in [0.25, 0.3) is 17.8 Å². The zero-order valence-electron chi connectivity index (χ0n) is 22.7. The predicted molar refractivity (Wildman–Crippen MR) is 158 cm³/mol. The third kappa shape index (κ3) is 7.40. The van der Waals surface area contributed by atoms with Crippen LogP contribution in [-0.2, 0) is 4.79 Å². The standard InChI is InChI=1S/C29H23F3N6O4S/c1-18-3-13-24(41-2)23(15-18)38-26(39)16-43-28(38)35-27(40)34-20-7-4-19(5-8-20)6-14-25-33-17-37(36-25)21-9-11-22(12-10-21)42-29(30,31)32/h3-15,17H,16H2,1-2H3,(H,34,40). The molecule has 0 saturated carbocycles. The number of nitrogens with zero attached hydrogens (tertiary/aromatic N) is 5. The molecular formula is C29H23F3N6O4S. The first kappa shape index (κ1) is 29.4. The summed E-state index contributed by atoms with van der Waals surface area (Å²) in [4.78, 5) is 35.0. The van der Waals surface area contributed by atoms with Crippen molar-refractivity contribution < 1.29 is 32.2 Å². The maximum Gasteiger partial charge on any atom is 0.573 e. The van der Waals surface area contributed by atoms with Gasteiger partial charge in [0.05, 0.1) is 24.2 Å². The van der Waals surface area contributed by atoms with E-state index < -0.39 is 12.4 Å². The molecule has 2 heterocycles. The molecule has 0 spiro atoms. The zero-order valence-corrected chi connectivity index (χ0v) is 23.5. The molecule has 4 aromatic rings. The highest BCUT2D eigenvalue weighted by Gasteiger charge is 2.33. The van der Waals surface area contributed by atoms with Gasteiger partial charge in [0.15, 0.2) is 11.0 Å².